The highest BCUT2D eigenvalue weighted by Crippen LogP contribution is 2.36. The number of aromatic nitrogens is 2. The van der Waals surface area contributed by atoms with Crippen LogP contribution in [-0.4, -0.2) is 32.6 Å². The summed E-state index contributed by atoms with van der Waals surface area (Å²) in [6, 6.07) is 7.56. The first-order valence-corrected chi connectivity index (χ1v) is 10.7. The maximum atomic E-state index is 12.9. The predicted molar refractivity (Wildman–Crippen MR) is 107 cm³/mol. The number of nitrogens with zero attached hydrogens (tertiary/aromatic N) is 4. The standard InChI is InChI=1S/C19H20N4O3S2/c1-19(2,3)17-20-21-18(26-17)28-11-16(24)23-13(15-7-5-9-27-15)10-12(22-23)14-6-4-8-25-14/h4-9,13H,10-11H2,1-3H3. The Morgan fingerprint density at radius 2 is 2.18 bits per heavy atom. The van der Waals surface area contributed by atoms with Gasteiger partial charge < -0.3 is 8.83 Å². The molecule has 0 saturated carbocycles. The molecule has 1 unspecified atom stereocenters. The summed E-state index contributed by atoms with van der Waals surface area (Å²) in [6.45, 7) is 6.00. The third kappa shape index (κ3) is 3.90. The summed E-state index contributed by atoms with van der Waals surface area (Å²) in [5.74, 6) is 1.30. The van der Waals surface area contributed by atoms with E-state index in [1.165, 1.54) is 11.8 Å². The lowest BCUT2D eigenvalue weighted by molar-refractivity contribution is -0.130. The van der Waals surface area contributed by atoms with Gasteiger partial charge >= 0.3 is 0 Å². The zero-order chi connectivity index (χ0) is 19.7. The van der Waals surface area contributed by atoms with Gasteiger partial charge in [-0.3, -0.25) is 4.79 Å². The van der Waals surface area contributed by atoms with Gasteiger partial charge in [0.15, 0.2) is 0 Å². The monoisotopic (exact) mass is 416 g/mol. The van der Waals surface area contributed by atoms with Gasteiger partial charge in [-0.15, -0.1) is 21.5 Å². The van der Waals surface area contributed by atoms with Crippen molar-refractivity contribution in [2.75, 3.05) is 5.75 Å². The fourth-order valence-electron chi connectivity index (χ4n) is 2.80. The highest BCUT2D eigenvalue weighted by Gasteiger charge is 2.34. The van der Waals surface area contributed by atoms with Crippen molar-refractivity contribution in [2.45, 2.75) is 43.9 Å². The van der Waals surface area contributed by atoms with E-state index >= 15 is 0 Å². The molecule has 0 bridgehead atoms. The highest BCUT2D eigenvalue weighted by molar-refractivity contribution is 7.99. The van der Waals surface area contributed by atoms with Crippen LogP contribution in [0.1, 0.15) is 49.8 Å². The number of hydrazone groups is 1. The summed E-state index contributed by atoms with van der Waals surface area (Å²) in [7, 11) is 0. The molecule has 4 heterocycles. The molecule has 146 valence electrons. The van der Waals surface area contributed by atoms with Gasteiger partial charge in [-0.1, -0.05) is 38.6 Å². The topological polar surface area (TPSA) is 84.7 Å². The molecule has 3 aromatic heterocycles. The summed E-state index contributed by atoms with van der Waals surface area (Å²) in [6.07, 6.45) is 2.24. The van der Waals surface area contributed by atoms with E-state index in [2.05, 4.69) is 15.3 Å². The van der Waals surface area contributed by atoms with Crippen molar-refractivity contribution in [2.24, 2.45) is 5.10 Å². The lowest BCUT2D eigenvalue weighted by atomic mass is 9.97. The molecule has 0 N–H and O–H groups in total. The van der Waals surface area contributed by atoms with E-state index < -0.39 is 0 Å². The van der Waals surface area contributed by atoms with Crippen LogP contribution in [0.5, 0.6) is 0 Å². The largest absolute Gasteiger partial charge is 0.463 e. The number of hydrogen-bond donors (Lipinski definition) is 0. The minimum absolute atomic E-state index is 0.111. The van der Waals surface area contributed by atoms with Crippen molar-refractivity contribution in [1.29, 1.82) is 0 Å². The Labute approximate surface area is 170 Å². The van der Waals surface area contributed by atoms with E-state index in [4.69, 9.17) is 8.83 Å². The molecular formula is C19H20N4O3S2. The summed E-state index contributed by atoms with van der Waals surface area (Å²) < 4.78 is 11.1. The molecule has 1 atom stereocenters. The van der Waals surface area contributed by atoms with Crippen LogP contribution in [-0.2, 0) is 10.2 Å². The average molecular weight is 417 g/mol. The molecule has 1 aliphatic heterocycles. The molecule has 0 aromatic carbocycles. The number of carbonyl (C=O) groups is 1. The summed E-state index contributed by atoms with van der Waals surface area (Å²) >= 11 is 2.85. The fourth-order valence-corrected chi connectivity index (χ4v) is 4.22. The van der Waals surface area contributed by atoms with Gasteiger partial charge in [0.2, 0.25) is 5.89 Å². The van der Waals surface area contributed by atoms with E-state index in [1.807, 2.05) is 50.4 Å². The van der Waals surface area contributed by atoms with Crippen molar-refractivity contribution in [3.05, 3.63) is 52.4 Å². The molecule has 0 aliphatic carbocycles. The smallest absolute Gasteiger partial charge is 0.277 e. The lowest BCUT2D eigenvalue weighted by Gasteiger charge is -2.20. The normalized spacial score (nSPS) is 17.2. The Balaban J connectivity index is 1.49. The van der Waals surface area contributed by atoms with Crippen LogP contribution in [0.15, 0.2) is 55.1 Å². The Kier molecular flexibility index (Phi) is 5.11. The summed E-state index contributed by atoms with van der Waals surface area (Å²) in [4.78, 5) is 14.0. The number of furan rings is 1. The molecular weight excluding hydrogens is 396 g/mol. The van der Waals surface area contributed by atoms with Gasteiger partial charge in [0.1, 0.15) is 11.5 Å². The molecule has 0 radical (unpaired) electrons. The number of thioether (sulfide) groups is 1. The van der Waals surface area contributed by atoms with E-state index in [0.717, 1.165) is 10.6 Å². The predicted octanol–water partition coefficient (Wildman–Crippen LogP) is 4.49. The molecule has 0 fully saturated rings. The minimum atomic E-state index is -0.225. The molecule has 28 heavy (non-hydrogen) atoms. The maximum Gasteiger partial charge on any atom is 0.277 e. The van der Waals surface area contributed by atoms with Gasteiger partial charge in [0, 0.05) is 16.7 Å². The van der Waals surface area contributed by atoms with Crippen molar-refractivity contribution >= 4 is 34.7 Å². The molecule has 4 rings (SSSR count). The van der Waals surface area contributed by atoms with Crippen molar-refractivity contribution in [3.63, 3.8) is 0 Å². The lowest BCUT2D eigenvalue weighted by Crippen LogP contribution is -2.28. The van der Waals surface area contributed by atoms with Crippen molar-refractivity contribution in [1.82, 2.24) is 15.2 Å². The molecule has 7 nitrogen and oxygen atoms in total. The Morgan fingerprint density at radius 3 is 2.82 bits per heavy atom. The summed E-state index contributed by atoms with van der Waals surface area (Å²) in [5.41, 5.74) is 0.548. The first-order valence-electron chi connectivity index (χ1n) is 8.85. The second-order valence-corrected chi connectivity index (χ2v) is 9.32. The minimum Gasteiger partial charge on any atom is -0.463 e. The molecule has 0 saturated heterocycles. The van der Waals surface area contributed by atoms with E-state index in [9.17, 15) is 4.79 Å². The first-order chi connectivity index (χ1) is 13.4. The average Bonchev–Trinajstić information content (AvgIpc) is 3.45. The Bertz CT molecular complexity index is 971. The molecule has 1 amide bonds. The van der Waals surface area contributed by atoms with Gasteiger partial charge in [-0.25, -0.2) is 5.01 Å². The maximum absolute atomic E-state index is 12.9. The molecule has 9 heteroatoms. The van der Waals surface area contributed by atoms with E-state index in [1.54, 1.807) is 22.6 Å². The van der Waals surface area contributed by atoms with Crippen LogP contribution in [0.4, 0.5) is 0 Å². The number of hydrogen-bond acceptors (Lipinski definition) is 8. The van der Waals surface area contributed by atoms with Gasteiger partial charge in [-0.2, -0.15) is 5.10 Å². The van der Waals surface area contributed by atoms with Gasteiger partial charge in [0.05, 0.1) is 18.1 Å². The second-order valence-electron chi connectivity index (χ2n) is 7.41. The molecule has 0 spiro atoms. The van der Waals surface area contributed by atoms with Crippen molar-refractivity contribution in [3.8, 4) is 0 Å². The summed E-state index contributed by atoms with van der Waals surface area (Å²) in [5, 5.41) is 16.6. The third-order valence-corrected chi connectivity index (χ3v) is 5.99. The van der Waals surface area contributed by atoms with Crippen LogP contribution in [0.25, 0.3) is 0 Å². The second kappa shape index (κ2) is 7.56. The van der Waals surface area contributed by atoms with Crippen LogP contribution in [0, 0.1) is 0 Å². The quantitative estimate of drug-likeness (QED) is 0.570. The van der Waals surface area contributed by atoms with Gasteiger partial charge in [0.25, 0.3) is 11.1 Å². The zero-order valence-corrected chi connectivity index (χ0v) is 17.4. The third-order valence-electron chi connectivity index (χ3n) is 4.21. The van der Waals surface area contributed by atoms with Gasteiger partial charge in [-0.05, 0) is 23.6 Å². The van der Waals surface area contributed by atoms with Crippen molar-refractivity contribution < 1.29 is 13.6 Å². The van der Waals surface area contributed by atoms with Crippen LogP contribution >= 0.6 is 23.1 Å². The van der Waals surface area contributed by atoms with Crippen LogP contribution < -0.4 is 0 Å². The Morgan fingerprint density at radius 1 is 1.32 bits per heavy atom. The zero-order valence-electron chi connectivity index (χ0n) is 15.8. The molecule has 3 aromatic rings. The number of carbonyl (C=O) groups excluding carboxylic acids is 1. The highest BCUT2D eigenvalue weighted by atomic mass is 32.2. The number of amides is 1. The molecule has 1 aliphatic rings. The number of rotatable bonds is 5. The fraction of sp³-hybridized carbons (Fsp3) is 0.368. The first kappa shape index (κ1) is 18.9. The number of thiophene rings is 1. The van der Waals surface area contributed by atoms with Crippen LogP contribution in [0.3, 0.4) is 0 Å². The van der Waals surface area contributed by atoms with Crippen LogP contribution in [0.2, 0.25) is 0 Å². The van der Waals surface area contributed by atoms with E-state index in [-0.39, 0.29) is 23.1 Å². The van der Waals surface area contributed by atoms with E-state index in [0.29, 0.717) is 23.3 Å². The Hall–Kier alpha value is -2.39. The SMILES string of the molecule is CC(C)(C)c1nnc(SCC(=O)N2N=C(c3ccco3)CC2c2cccs2)o1.